The molecule has 0 aliphatic carbocycles. The van der Waals surface area contributed by atoms with Crippen LogP contribution in [0.25, 0.3) is 0 Å². The number of anilines is 1. The number of ketones is 1. The van der Waals surface area contributed by atoms with E-state index in [1.54, 1.807) is 18.6 Å². The summed E-state index contributed by atoms with van der Waals surface area (Å²) >= 11 is 0. The van der Waals surface area contributed by atoms with E-state index in [1.807, 2.05) is 18.0 Å². The Balaban J connectivity index is 2.29. The molecule has 0 bridgehead atoms. The van der Waals surface area contributed by atoms with Gasteiger partial charge in [-0.2, -0.15) is 0 Å². The number of rotatable bonds is 4. The van der Waals surface area contributed by atoms with Crippen molar-refractivity contribution in [3.05, 3.63) is 53.7 Å². The molecule has 4 heteroatoms. The van der Waals surface area contributed by atoms with E-state index in [4.69, 9.17) is 4.42 Å². The summed E-state index contributed by atoms with van der Waals surface area (Å²) in [6.07, 6.45) is 3.24. The summed E-state index contributed by atoms with van der Waals surface area (Å²) < 4.78 is 18.2. The smallest absolute Gasteiger partial charge is 0.161 e. The van der Waals surface area contributed by atoms with Crippen LogP contribution in [0, 0.1) is 5.82 Å². The molecule has 0 radical (unpaired) electrons. The van der Waals surface area contributed by atoms with Crippen LogP contribution >= 0.6 is 0 Å². The molecular weight excluding hydrogens is 233 g/mol. The number of nitrogens with zero attached hydrogens (tertiary/aromatic N) is 1. The van der Waals surface area contributed by atoms with Gasteiger partial charge in [-0.25, -0.2) is 4.39 Å². The van der Waals surface area contributed by atoms with E-state index in [-0.39, 0.29) is 5.78 Å². The summed E-state index contributed by atoms with van der Waals surface area (Å²) in [4.78, 5) is 13.4. The molecule has 3 nitrogen and oxygen atoms in total. The van der Waals surface area contributed by atoms with Gasteiger partial charge in [0.1, 0.15) is 5.82 Å². The maximum Gasteiger partial charge on any atom is 0.161 e. The van der Waals surface area contributed by atoms with Gasteiger partial charge in [-0.1, -0.05) is 0 Å². The average molecular weight is 247 g/mol. The number of hydrogen-bond acceptors (Lipinski definition) is 3. The molecule has 1 aromatic carbocycles. The molecular formula is C14H14FNO2. The Hall–Kier alpha value is -2.10. The lowest BCUT2D eigenvalue weighted by molar-refractivity contribution is 0.101. The molecule has 1 aromatic heterocycles. The van der Waals surface area contributed by atoms with E-state index in [9.17, 15) is 9.18 Å². The fraction of sp³-hybridized carbons (Fsp3) is 0.214. The zero-order chi connectivity index (χ0) is 13.1. The fourth-order valence-electron chi connectivity index (χ4n) is 1.86. The number of hydrogen-bond donors (Lipinski definition) is 0. The molecule has 94 valence electrons. The van der Waals surface area contributed by atoms with Crippen molar-refractivity contribution in [1.29, 1.82) is 0 Å². The second-order valence-corrected chi connectivity index (χ2v) is 4.21. The van der Waals surface area contributed by atoms with Gasteiger partial charge in [-0.15, -0.1) is 0 Å². The van der Waals surface area contributed by atoms with E-state index in [0.29, 0.717) is 17.8 Å². The zero-order valence-corrected chi connectivity index (χ0v) is 10.3. The first-order valence-corrected chi connectivity index (χ1v) is 5.60. The minimum atomic E-state index is -0.402. The lowest BCUT2D eigenvalue weighted by atomic mass is 10.1. The second kappa shape index (κ2) is 5.04. The highest BCUT2D eigenvalue weighted by molar-refractivity contribution is 5.99. The molecule has 0 saturated carbocycles. The summed E-state index contributed by atoms with van der Waals surface area (Å²) in [5.74, 6) is -0.552. The van der Waals surface area contributed by atoms with E-state index in [1.165, 1.54) is 19.1 Å². The first-order valence-electron chi connectivity index (χ1n) is 5.60. The molecule has 0 fully saturated rings. The second-order valence-electron chi connectivity index (χ2n) is 4.21. The van der Waals surface area contributed by atoms with Crippen molar-refractivity contribution in [3.63, 3.8) is 0 Å². The normalized spacial score (nSPS) is 10.4. The third kappa shape index (κ3) is 2.59. The third-order valence-electron chi connectivity index (χ3n) is 2.75. The maximum atomic E-state index is 13.2. The van der Waals surface area contributed by atoms with Crippen molar-refractivity contribution < 1.29 is 13.6 Å². The number of halogens is 1. The molecule has 0 atom stereocenters. The molecule has 0 saturated heterocycles. The number of carbonyl (C=O) groups is 1. The lowest BCUT2D eigenvalue weighted by Crippen LogP contribution is -2.18. The van der Waals surface area contributed by atoms with Crippen LogP contribution in [0.4, 0.5) is 10.1 Å². The summed E-state index contributed by atoms with van der Waals surface area (Å²) in [6, 6.07) is 6.09. The Morgan fingerprint density at radius 1 is 1.39 bits per heavy atom. The van der Waals surface area contributed by atoms with Gasteiger partial charge in [-0.3, -0.25) is 4.79 Å². The summed E-state index contributed by atoms with van der Waals surface area (Å²) in [5.41, 5.74) is 2.10. The predicted molar refractivity (Wildman–Crippen MR) is 67.2 cm³/mol. The van der Waals surface area contributed by atoms with Crippen molar-refractivity contribution >= 4 is 11.5 Å². The van der Waals surface area contributed by atoms with Gasteiger partial charge in [0.25, 0.3) is 0 Å². The van der Waals surface area contributed by atoms with Crippen molar-refractivity contribution in [2.45, 2.75) is 13.5 Å². The molecule has 0 N–H and O–H groups in total. The van der Waals surface area contributed by atoms with Crippen molar-refractivity contribution in [2.75, 3.05) is 11.9 Å². The number of carbonyl (C=O) groups excluding carboxylic acids is 1. The highest BCUT2D eigenvalue weighted by Crippen LogP contribution is 2.23. The molecule has 2 aromatic rings. The van der Waals surface area contributed by atoms with E-state index in [0.717, 1.165) is 5.56 Å². The van der Waals surface area contributed by atoms with Crippen molar-refractivity contribution in [3.8, 4) is 0 Å². The standard InChI is InChI=1S/C14H14FNO2/c1-10(17)13-7-12(15)3-4-14(13)16(2)8-11-5-6-18-9-11/h3-7,9H,8H2,1-2H3. The van der Waals surface area contributed by atoms with Gasteiger partial charge in [0, 0.05) is 30.4 Å². The minimum absolute atomic E-state index is 0.149. The van der Waals surface area contributed by atoms with Gasteiger partial charge in [0.05, 0.1) is 12.5 Å². The first kappa shape index (κ1) is 12.4. The minimum Gasteiger partial charge on any atom is -0.472 e. The van der Waals surface area contributed by atoms with Gasteiger partial charge in [0.15, 0.2) is 5.78 Å². The van der Waals surface area contributed by atoms with Gasteiger partial charge >= 0.3 is 0 Å². The molecule has 0 aliphatic rings. The third-order valence-corrected chi connectivity index (χ3v) is 2.75. The molecule has 0 amide bonds. The lowest BCUT2D eigenvalue weighted by Gasteiger charge is -2.21. The summed E-state index contributed by atoms with van der Waals surface area (Å²) in [5, 5.41) is 0. The molecule has 2 rings (SSSR count). The monoisotopic (exact) mass is 247 g/mol. The zero-order valence-electron chi connectivity index (χ0n) is 10.3. The molecule has 0 unspecified atom stereocenters. The van der Waals surface area contributed by atoms with Crippen LogP contribution in [0.5, 0.6) is 0 Å². The Kier molecular flexibility index (Phi) is 3.46. The maximum absolute atomic E-state index is 13.2. The van der Waals surface area contributed by atoms with Crippen LogP contribution in [0.2, 0.25) is 0 Å². The quantitative estimate of drug-likeness (QED) is 0.777. The molecule has 18 heavy (non-hydrogen) atoms. The van der Waals surface area contributed by atoms with Crippen LogP contribution in [-0.2, 0) is 6.54 Å². The first-order chi connectivity index (χ1) is 8.58. The number of furan rings is 1. The van der Waals surface area contributed by atoms with Crippen molar-refractivity contribution in [1.82, 2.24) is 0 Å². The Labute approximate surface area is 105 Å². The highest BCUT2D eigenvalue weighted by Gasteiger charge is 2.12. The van der Waals surface area contributed by atoms with E-state index < -0.39 is 5.82 Å². The SMILES string of the molecule is CC(=O)c1cc(F)ccc1N(C)Cc1ccoc1. The van der Waals surface area contributed by atoms with Gasteiger partial charge in [0.2, 0.25) is 0 Å². The highest BCUT2D eigenvalue weighted by atomic mass is 19.1. The van der Waals surface area contributed by atoms with Gasteiger partial charge in [-0.05, 0) is 31.2 Å². The van der Waals surface area contributed by atoms with E-state index in [2.05, 4.69) is 0 Å². The van der Waals surface area contributed by atoms with Crippen LogP contribution in [0.3, 0.4) is 0 Å². The summed E-state index contributed by atoms with van der Waals surface area (Å²) in [6.45, 7) is 2.03. The molecule has 1 heterocycles. The Bertz CT molecular complexity index is 549. The Morgan fingerprint density at radius 2 is 2.17 bits per heavy atom. The van der Waals surface area contributed by atoms with Crippen LogP contribution in [0.15, 0.2) is 41.2 Å². The largest absolute Gasteiger partial charge is 0.472 e. The van der Waals surface area contributed by atoms with Gasteiger partial charge < -0.3 is 9.32 Å². The van der Waals surface area contributed by atoms with Crippen LogP contribution < -0.4 is 4.90 Å². The number of benzene rings is 1. The molecule has 0 spiro atoms. The number of Topliss-reactive ketones (excluding diaryl/α,β-unsaturated/α-hetero) is 1. The van der Waals surface area contributed by atoms with Crippen LogP contribution in [-0.4, -0.2) is 12.8 Å². The molecule has 0 aliphatic heterocycles. The topological polar surface area (TPSA) is 33.5 Å². The predicted octanol–water partition coefficient (Wildman–Crippen LogP) is 3.26. The fourth-order valence-corrected chi connectivity index (χ4v) is 1.86. The van der Waals surface area contributed by atoms with E-state index >= 15 is 0 Å². The van der Waals surface area contributed by atoms with Crippen molar-refractivity contribution in [2.24, 2.45) is 0 Å². The Morgan fingerprint density at radius 3 is 2.78 bits per heavy atom. The van der Waals surface area contributed by atoms with Crippen LogP contribution in [0.1, 0.15) is 22.8 Å². The summed E-state index contributed by atoms with van der Waals surface area (Å²) in [7, 11) is 1.85. The average Bonchev–Trinajstić information content (AvgIpc) is 2.81.